The fourth-order valence-electron chi connectivity index (χ4n) is 3.10. The Labute approximate surface area is 126 Å². The quantitative estimate of drug-likeness (QED) is 0.941. The number of hydrogen-bond acceptors (Lipinski definition) is 3. The maximum absolute atomic E-state index is 6.22. The lowest BCUT2D eigenvalue weighted by Gasteiger charge is -2.42. The molecule has 1 atom stereocenters. The summed E-state index contributed by atoms with van der Waals surface area (Å²) in [5, 5.41) is 4.47. The van der Waals surface area contributed by atoms with E-state index in [1.54, 1.807) is 0 Å². The number of benzene rings is 1. The van der Waals surface area contributed by atoms with Gasteiger partial charge in [0.15, 0.2) is 0 Å². The largest absolute Gasteiger partial charge is 0.327 e. The van der Waals surface area contributed by atoms with Crippen LogP contribution >= 0.6 is 0 Å². The third kappa shape index (κ3) is 3.01. The standard InChI is InChI=1S/C17H24N4/c1-17(2)13-20(11-9-16(17)18)12-15-8-10-19-21(15)14-6-4-3-5-7-14/h3-8,10,16H,9,11-13,18H2,1-2H3. The number of likely N-dealkylation sites (tertiary alicyclic amines) is 1. The van der Waals surface area contributed by atoms with Crippen molar-refractivity contribution in [2.75, 3.05) is 13.1 Å². The summed E-state index contributed by atoms with van der Waals surface area (Å²) in [4.78, 5) is 2.49. The van der Waals surface area contributed by atoms with Gasteiger partial charge in [0.2, 0.25) is 0 Å². The van der Waals surface area contributed by atoms with Crippen molar-refractivity contribution in [3.8, 4) is 5.69 Å². The summed E-state index contributed by atoms with van der Waals surface area (Å²) >= 11 is 0. The summed E-state index contributed by atoms with van der Waals surface area (Å²) in [6.45, 7) is 7.54. The van der Waals surface area contributed by atoms with Gasteiger partial charge in [-0.05, 0) is 30.0 Å². The molecular weight excluding hydrogens is 260 g/mol. The minimum atomic E-state index is 0.176. The highest BCUT2D eigenvalue weighted by Gasteiger charge is 2.33. The van der Waals surface area contributed by atoms with Crippen LogP contribution in [0.4, 0.5) is 0 Å². The van der Waals surface area contributed by atoms with Crippen LogP contribution in [0.1, 0.15) is 26.0 Å². The average molecular weight is 284 g/mol. The van der Waals surface area contributed by atoms with E-state index in [-0.39, 0.29) is 5.41 Å². The van der Waals surface area contributed by atoms with E-state index in [2.05, 4.69) is 42.0 Å². The molecule has 21 heavy (non-hydrogen) atoms. The second kappa shape index (κ2) is 5.62. The van der Waals surface area contributed by atoms with E-state index in [0.29, 0.717) is 6.04 Å². The van der Waals surface area contributed by atoms with Crippen LogP contribution in [0.5, 0.6) is 0 Å². The molecule has 0 bridgehead atoms. The summed E-state index contributed by atoms with van der Waals surface area (Å²) in [6, 6.07) is 12.7. The fourth-order valence-corrected chi connectivity index (χ4v) is 3.10. The summed E-state index contributed by atoms with van der Waals surface area (Å²) in [6.07, 6.45) is 2.94. The molecule has 2 N–H and O–H groups in total. The molecule has 0 amide bonds. The van der Waals surface area contributed by atoms with Crippen molar-refractivity contribution in [1.82, 2.24) is 14.7 Å². The minimum Gasteiger partial charge on any atom is -0.327 e. The van der Waals surface area contributed by atoms with Crippen LogP contribution in [0.2, 0.25) is 0 Å². The van der Waals surface area contributed by atoms with Crippen LogP contribution in [0.3, 0.4) is 0 Å². The number of para-hydroxylation sites is 1. The Kier molecular flexibility index (Phi) is 3.83. The van der Waals surface area contributed by atoms with Gasteiger partial charge in [-0.15, -0.1) is 0 Å². The number of piperidine rings is 1. The third-order valence-electron chi connectivity index (χ3n) is 4.50. The first-order valence-corrected chi connectivity index (χ1v) is 7.62. The van der Waals surface area contributed by atoms with E-state index in [0.717, 1.165) is 31.7 Å². The van der Waals surface area contributed by atoms with Gasteiger partial charge in [0.25, 0.3) is 0 Å². The first kappa shape index (κ1) is 14.3. The molecule has 1 fully saturated rings. The maximum atomic E-state index is 6.22. The van der Waals surface area contributed by atoms with E-state index >= 15 is 0 Å². The van der Waals surface area contributed by atoms with Crippen molar-refractivity contribution in [2.45, 2.75) is 32.9 Å². The molecule has 0 aliphatic carbocycles. The molecule has 2 heterocycles. The predicted octanol–water partition coefficient (Wildman–Crippen LogP) is 2.43. The summed E-state index contributed by atoms with van der Waals surface area (Å²) in [5.41, 5.74) is 8.75. The molecule has 1 saturated heterocycles. The Morgan fingerprint density at radius 3 is 2.71 bits per heavy atom. The van der Waals surface area contributed by atoms with Crippen molar-refractivity contribution in [3.05, 3.63) is 48.3 Å². The van der Waals surface area contributed by atoms with Gasteiger partial charge >= 0.3 is 0 Å². The van der Waals surface area contributed by atoms with Crippen LogP contribution in [-0.2, 0) is 6.54 Å². The van der Waals surface area contributed by atoms with Crippen molar-refractivity contribution >= 4 is 0 Å². The van der Waals surface area contributed by atoms with Gasteiger partial charge < -0.3 is 5.73 Å². The van der Waals surface area contributed by atoms with Crippen LogP contribution in [-0.4, -0.2) is 33.8 Å². The van der Waals surface area contributed by atoms with Gasteiger partial charge in [-0.2, -0.15) is 5.10 Å². The molecule has 112 valence electrons. The molecule has 4 nitrogen and oxygen atoms in total. The molecule has 0 spiro atoms. The number of nitrogens with two attached hydrogens (primary N) is 1. The highest BCUT2D eigenvalue weighted by Crippen LogP contribution is 2.28. The van der Waals surface area contributed by atoms with Gasteiger partial charge in [0.1, 0.15) is 0 Å². The van der Waals surface area contributed by atoms with Crippen molar-refractivity contribution in [1.29, 1.82) is 0 Å². The number of rotatable bonds is 3. The molecule has 1 aliphatic heterocycles. The van der Waals surface area contributed by atoms with Crippen LogP contribution in [0.25, 0.3) is 5.69 Å². The maximum Gasteiger partial charge on any atom is 0.0649 e. The lowest BCUT2D eigenvalue weighted by molar-refractivity contribution is 0.0883. The predicted molar refractivity (Wildman–Crippen MR) is 85.2 cm³/mol. The van der Waals surface area contributed by atoms with Crippen LogP contribution in [0.15, 0.2) is 42.6 Å². The molecule has 1 aromatic carbocycles. The van der Waals surface area contributed by atoms with E-state index in [1.165, 1.54) is 5.69 Å². The summed E-state index contributed by atoms with van der Waals surface area (Å²) < 4.78 is 2.03. The molecule has 0 radical (unpaired) electrons. The lowest BCUT2D eigenvalue weighted by atomic mass is 9.80. The molecule has 1 aliphatic rings. The molecule has 4 heteroatoms. The molecular formula is C17H24N4. The first-order chi connectivity index (χ1) is 10.1. The average Bonchev–Trinajstić information content (AvgIpc) is 2.92. The van der Waals surface area contributed by atoms with Crippen molar-refractivity contribution in [3.63, 3.8) is 0 Å². The monoisotopic (exact) mass is 284 g/mol. The molecule has 1 unspecified atom stereocenters. The van der Waals surface area contributed by atoms with Gasteiger partial charge in [0, 0.05) is 31.9 Å². The number of hydrogen-bond donors (Lipinski definition) is 1. The highest BCUT2D eigenvalue weighted by molar-refractivity contribution is 5.32. The molecule has 2 aromatic rings. The topological polar surface area (TPSA) is 47.1 Å². The Morgan fingerprint density at radius 2 is 2.00 bits per heavy atom. The Morgan fingerprint density at radius 1 is 1.24 bits per heavy atom. The third-order valence-corrected chi connectivity index (χ3v) is 4.50. The number of nitrogens with zero attached hydrogens (tertiary/aromatic N) is 3. The SMILES string of the molecule is CC1(C)CN(Cc2ccnn2-c2ccccc2)CCC1N. The summed E-state index contributed by atoms with van der Waals surface area (Å²) in [5.74, 6) is 0. The second-order valence-electron chi connectivity index (χ2n) is 6.66. The lowest BCUT2D eigenvalue weighted by Crippen LogP contribution is -2.52. The molecule has 3 rings (SSSR count). The van der Waals surface area contributed by atoms with E-state index in [9.17, 15) is 0 Å². The van der Waals surface area contributed by atoms with Gasteiger partial charge in [-0.3, -0.25) is 4.90 Å². The van der Waals surface area contributed by atoms with Crippen molar-refractivity contribution in [2.24, 2.45) is 11.1 Å². The van der Waals surface area contributed by atoms with Gasteiger partial charge in [-0.1, -0.05) is 32.0 Å². The highest BCUT2D eigenvalue weighted by atomic mass is 15.3. The van der Waals surface area contributed by atoms with Crippen LogP contribution < -0.4 is 5.73 Å². The Balaban J connectivity index is 1.76. The fraction of sp³-hybridized carbons (Fsp3) is 0.471. The van der Waals surface area contributed by atoms with Crippen molar-refractivity contribution < 1.29 is 0 Å². The van der Waals surface area contributed by atoms with Crippen LogP contribution in [0, 0.1) is 5.41 Å². The number of aromatic nitrogens is 2. The Bertz CT molecular complexity index is 588. The zero-order valence-electron chi connectivity index (χ0n) is 12.9. The normalized spacial score (nSPS) is 22.3. The molecule has 0 saturated carbocycles. The van der Waals surface area contributed by atoms with E-state index < -0.39 is 0 Å². The van der Waals surface area contributed by atoms with Gasteiger partial charge in [0.05, 0.1) is 11.4 Å². The van der Waals surface area contributed by atoms with Gasteiger partial charge in [-0.25, -0.2) is 4.68 Å². The summed E-state index contributed by atoms with van der Waals surface area (Å²) in [7, 11) is 0. The first-order valence-electron chi connectivity index (χ1n) is 7.62. The minimum absolute atomic E-state index is 0.176. The molecule has 1 aromatic heterocycles. The van der Waals surface area contributed by atoms with E-state index in [1.807, 2.05) is 29.1 Å². The zero-order chi connectivity index (χ0) is 14.9. The van der Waals surface area contributed by atoms with E-state index in [4.69, 9.17) is 5.73 Å². The second-order valence-corrected chi connectivity index (χ2v) is 6.66. The smallest absolute Gasteiger partial charge is 0.0649 e. The Hall–Kier alpha value is -1.65. The zero-order valence-corrected chi connectivity index (χ0v) is 12.9.